The molecule has 0 radical (unpaired) electrons. The molecule has 0 aliphatic carbocycles. The Kier molecular flexibility index (Phi) is 4.74. The Morgan fingerprint density at radius 1 is 1.15 bits per heavy atom. The summed E-state index contributed by atoms with van der Waals surface area (Å²) in [5.74, 6) is -0.182. The zero-order valence-corrected chi connectivity index (χ0v) is 15.6. The molecule has 0 unspecified atom stereocenters. The number of carbonyl (C=O) groups excluding carboxylic acids is 2. The van der Waals surface area contributed by atoms with E-state index in [1.54, 1.807) is 35.8 Å². The second kappa shape index (κ2) is 6.84. The van der Waals surface area contributed by atoms with Crippen LogP contribution in [0.3, 0.4) is 0 Å². The van der Waals surface area contributed by atoms with Crippen molar-refractivity contribution in [2.75, 3.05) is 7.11 Å². The monoisotopic (exact) mass is 370 g/mol. The Morgan fingerprint density at radius 3 is 2.38 bits per heavy atom. The van der Waals surface area contributed by atoms with Crippen LogP contribution in [0.25, 0.3) is 10.9 Å². The maximum Gasteiger partial charge on any atom is 0.262 e. The Balaban J connectivity index is 2.28. The van der Waals surface area contributed by atoms with Crippen molar-refractivity contribution in [3.05, 3.63) is 63.8 Å². The molecule has 2 N–H and O–H groups in total. The highest BCUT2D eigenvalue weighted by molar-refractivity contribution is 6.33. The van der Waals surface area contributed by atoms with Gasteiger partial charge in [0.25, 0.3) is 5.91 Å². The normalized spacial score (nSPS) is 10.9. The van der Waals surface area contributed by atoms with Gasteiger partial charge in [-0.3, -0.25) is 14.2 Å². The minimum Gasteiger partial charge on any atom is -0.495 e. The fourth-order valence-corrected chi connectivity index (χ4v) is 3.36. The molecule has 0 saturated carbocycles. The number of hydrogen-bond donors (Lipinski definition) is 1. The largest absolute Gasteiger partial charge is 0.495 e. The number of aromatic nitrogens is 1. The van der Waals surface area contributed by atoms with Gasteiger partial charge in [-0.15, -0.1) is 0 Å². The highest BCUT2D eigenvalue weighted by Crippen LogP contribution is 2.35. The van der Waals surface area contributed by atoms with E-state index in [0.29, 0.717) is 33.1 Å². The van der Waals surface area contributed by atoms with Gasteiger partial charge in [0.05, 0.1) is 24.1 Å². The third kappa shape index (κ3) is 3.06. The third-order valence-electron chi connectivity index (χ3n) is 4.46. The highest BCUT2D eigenvalue weighted by Gasteiger charge is 2.22. The van der Waals surface area contributed by atoms with Crippen molar-refractivity contribution in [1.29, 1.82) is 0 Å². The molecule has 1 heterocycles. The van der Waals surface area contributed by atoms with Crippen LogP contribution in [0.5, 0.6) is 5.75 Å². The lowest BCUT2D eigenvalue weighted by molar-refractivity contribution is -0.117. The van der Waals surface area contributed by atoms with Gasteiger partial charge in [-0.05, 0) is 43.7 Å². The van der Waals surface area contributed by atoms with Crippen molar-refractivity contribution < 1.29 is 14.3 Å². The lowest BCUT2D eigenvalue weighted by atomic mass is 10.1. The average molecular weight is 371 g/mol. The SMILES string of the molecule is COc1cc2c(CC(N)=O)c(C)n(C(=O)c3ccc(C)cc3)c2cc1Cl. The summed E-state index contributed by atoms with van der Waals surface area (Å²) in [5, 5.41) is 1.11. The number of nitrogens with two attached hydrogens (primary N) is 1. The fraction of sp³-hybridized carbons (Fsp3) is 0.200. The summed E-state index contributed by atoms with van der Waals surface area (Å²) in [6.07, 6.45) is 0.0291. The molecule has 1 amide bonds. The van der Waals surface area contributed by atoms with Crippen molar-refractivity contribution in [1.82, 2.24) is 4.57 Å². The topological polar surface area (TPSA) is 74.3 Å². The van der Waals surface area contributed by atoms with E-state index >= 15 is 0 Å². The van der Waals surface area contributed by atoms with Gasteiger partial charge < -0.3 is 10.5 Å². The molecular weight excluding hydrogens is 352 g/mol. The molecule has 0 aliphatic heterocycles. The molecule has 2 aromatic carbocycles. The standard InChI is InChI=1S/C20H19ClN2O3/c1-11-4-6-13(7-5-11)20(25)23-12(2)14(9-19(22)24)15-8-18(26-3)16(21)10-17(15)23/h4-8,10H,9H2,1-3H3,(H2,22,24). The molecule has 0 fully saturated rings. The van der Waals surface area contributed by atoms with E-state index in [1.165, 1.54) is 7.11 Å². The molecular formula is C20H19ClN2O3. The number of hydrogen-bond acceptors (Lipinski definition) is 3. The van der Waals surface area contributed by atoms with Gasteiger partial charge in [-0.2, -0.15) is 0 Å². The van der Waals surface area contributed by atoms with Crippen molar-refractivity contribution in [3.63, 3.8) is 0 Å². The Hall–Kier alpha value is -2.79. The van der Waals surface area contributed by atoms with Crippen molar-refractivity contribution in [2.45, 2.75) is 20.3 Å². The summed E-state index contributed by atoms with van der Waals surface area (Å²) in [7, 11) is 1.52. The number of rotatable bonds is 4. The minimum atomic E-state index is -0.469. The van der Waals surface area contributed by atoms with E-state index in [2.05, 4.69) is 0 Å². The maximum absolute atomic E-state index is 13.1. The number of aryl methyl sites for hydroxylation is 1. The first kappa shape index (κ1) is 18.0. The highest BCUT2D eigenvalue weighted by atomic mass is 35.5. The number of nitrogens with zero attached hydrogens (tertiary/aromatic N) is 1. The van der Waals surface area contributed by atoms with E-state index in [9.17, 15) is 9.59 Å². The van der Waals surface area contributed by atoms with E-state index in [0.717, 1.165) is 10.9 Å². The zero-order valence-electron chi connectivity index (χ0n) is 14.8. The summed E-state index contributed by atoms with van der Waals surface area (Å²) < 4.78 is 6.85. The number of primary amides is 1. The summed E-state index contributed by atoms with van der Waals surface area (Å²) in [4.78, 5) is 24.7. The van der Waals surface area contributed by atoms with Crippen LogP contribution in [0.2, 0.25) is 5.02 Å². The summed E-state index contributed by atoms with van der Waals surface area (Å²) in [6.45, 7) is 3.76. The third-order valence-corrected chi connectivity index (χ3v) is 4.76. The molecule has 0 saturated heterocycles. The first-order chi connectivity index (χ1) is 12.3. The molecule has 0 aliphatic rings. The van der Waals surface area contributed by atoms with Gasteiger partial charge in [-0.1, -0.05) is 29.3 Å². The van der Waals surface area contributed by atoms with Gasteiger partial charge >= 0.3 is 0 Å². The number of ether oxygens (including phenoxy) is 1. The van der Waals surface area contributed by atoms with Gasteiger partial charge in [0.15, 0.2) is 0 Å². The molecule has 0 spiro atoms. The number of carbonyl (C=O) groups is 2. The van der Waals surface area contributed by atoms with Gasteiger partial charge in [0, 0.05) is 16.6 Å². The fourth-order valence-electron chi connectivity index (χ4n) is 3.12. The number of benzene rings is 2. The second-order valence-corrected chi connectivity index (χ2v) is 6.62. The van der Waals surface area contributed by atoms with E-state index in [1.807, 2.05) is 19.1 Å². The van der Waals surface area contributed by atoms with Crippen LogP contribution in [0.15, 0.2) is 36.4 Å². The number of fused-ring (bicyclic) bond motifs is 1. The molecule has 3 aromatic rings. The van der Waals surface area contributed by atoms with Gasteiger partial charge in [0.2, 0.25) is 5.91 Å². The van der Waals surface area contributed by atoms with E-state index in [4.69, 9.17) is 22.1 Å². The first-order valence-electron chi connectivity index (χ1n) is 8.10. The number of methoxy groups -OCH3 is 1. The molecule has 0 bridgehead atoms. The van der Waals surface area contributed by atoms with Crippen LogP contribution in [0.4, 0.5) is 0 Å². The summed E-state index contributed by atoms with van der Waals surface area (Å²) in [6, 6.07) is 10.7. The van der Waals surface area contributed by atoms with Crippen molar-refractivity contribution in [2.24, 2.45) is 5.73 Å². The molecule has 0 atom stereocenters. The Morgan fingerprint density at radius 2 is 1.81 bits per heavy atom. The number of halogens is 1. The molecule has 6 heteroatoms. The average Bonchev–Trinajstić information content (AvgIpc) is 2.85. The lowest BCUT2D eigenvalue weighted by Crippen LogP contribution is -2.16. The van der Waals surface area contributed by atoms with Gasteiger partial charge in [-0.25, -0.2) is 0 Å². The van der Waals surface area contributed by atoms with Crippen molar-refractivity contribution in [3.8, 4) is 5.75 Å². The maximum atomic E-state index is 13.1. The number of amides is 1. The predicted molar refractivity (Wildman–Crippen MR) is 102 cm³/mol. The lowest BCUT2D eigenvalue weighted by Gasteiger charge is -2.09. The molecule has 26 heavy (non-hydrogen) atoms. The summed E-state index contributed by atoms with van der Waals surface area (Å²) in [5.41, 5.74) is 9.00. The van der Waals surface area contributed by atoms with Crippen LogP contribution in [0, 0.1) is 13.8 Å². The summed E-state index contributed by atoms with van der Waals surface area (Å²) >= 11 is 6.27. The smallest absolute Gasteiger partial charge is 0.262 e. The molecule has 134 valence electrons. The van der Waals surface area contributed by atoms with Crippen LogP contribution in [-0.4, -0.2) is 23.5 Å². The van der Waals surface area contributed by atoms with Crippen LogP contribution < -0.4 is 10.5 Å². The predicted octanol–water partition coefficient (Wildman–Crippen LogP) is 3.64. The van der Waals surface area contributed by atoms with Crippen LogP contribution in [0.1, 0.15) is 27.2 Å². The second-order valence-electron chi connectivity index (χ2n) is 6.22. The van der Waals surface area contributed by atoms with Crippen LogP contribution >= 0.6 is 11.6 Å². The van der Waals surface area contributed by atoms with Crippen molar-refractivity contribution >= 4 is 34.3 Å². The Bertz CT molecular complexity index is 1020. The molecule has 5 nitrogen and oxygen atoms in total. The van der Waals surface area contributed by atoms with Crippen LogP contribution in [-0.2, 0) is 11.2 Å². The molecule has 1 aromatic heterocycles. The Labute approximate surface area is 156 Å². The zero-order chi connectivity index (χ0) is 19.0. The minimum absolute atomic E-state index is 0.0291. The quantitative estimate of drug-likeness (QED) is 0.761. The first-order valence-corrected chi connectivity index (χ1v) is 8.48. The van der Waals surface area contributed by atoms with E-state index < -0.39 is 5.91 Å². The molecule has 3 rings (SSSR count). The van der Waals surface area contributed by atoms with Gasteiger partial charge in [0.1, 0.15) is 5.75 Å². The van der Waals surface area contributed by atoms with E-state index in [-0.39, 0.29) is 12.3 Å².